The summed E-state index contributed by atoms with van der Waals surface area (Å²) in [5.41, 5.74) is 3.78. The second-order valence-corrected chi connectivity index (χ2v) is 5.95. The van der Waals surface area contributed by atoms with Crippen LogP contribution in [0.15, 0.2) is 42.5 Å². The van der Waals surface area contributed by atoms with E-state index in [1.165, 1.54) is 0 Å². The van der Waals surface area contributed by atoms with Crippen molar-refractivity contribution in [1.29, 1.82) is 0 Å². The lowest BCUT2D eigenvalue weighted by atomic mass is 10.1. The number of nitrogens with zero attached hydrogens (tertiary/aromatic N) is 1. The molecule has 118 valence electrons. The highest BCUT2D eigenvalue weighted by atomic mass is 35.5. The summed E-state index contributed by atoms with van der Waals surface area (Å²) in [5, 5.41) is 1.72. The van der Waals surface area contributed by atoms with Gasteiger partial charge in [0.05, 0.1) is 6.54 Å². The Labute approximate surface area is 140 Å². The third kappa shape index (κ3) is 2.97. The van der Waals surface area contributed by atoms with Gasteiger partial charge in [-0.15, -0.1) is 0 Å². The molecule has 1 aromatic heterocycles. The SMILES string of the molecule is Cc1cc(OCCn2c(C)c(C=O)c3ccccc32)ccc1Cl. The molecule has 3 nitrogen and oxygen atoms in total. The molecule has 23 heavy (non-hydrogen) atoms. The summed E-state index contributed by atoms with van der Waals surface area (Å²) in [6.45, 7) is 5.13. The molecule has 0 spiro atoms. The maximum absolute atomic E-state index is 11.4. The standard InChI is InChI=1S/C19H18ClNO2/c1-13-11-15(7-8-18(13)20)23-10-9-21-14(2)17(12-22)16-5-3-4-6-19(16)21/h3-8,11-12H,9-10H2,1-2H3. The van der Waals surface area contributed by atoms with Crippen LogP contribution in [0.4, 0.5) is 0 Å². The Hall–Kier alpha value is -2.26. The molecule has 0 unspecified atom stereocenters. The van der Waals surface area contributed by atoms with E-state index in [9.17, 15) is 4.79 Å². The largest absolute Gasteiger partial charge is 0.492 e. The molecule has 0 aliphatic carbocycles. The van der Waals surface area contributed by atoms with Gasteiger partial charge in [0.2, 0.25) is 0 Å². The molecule has 0 radical (unpaired) electrons. The number of benzene rings is 2. The Balaban J connectivity index is 1.80. The number of aldehydes is 1. The van der Waals surface area contributed by atoms with Crippen LogP contribution in [0.5, 0.6) is 5.75 Å². The van der Waals surface area contributed by atoms with Gasteiger partial charge >= 0.3 is 0 Å². The molecule has 3 aromatic rings. The number of carbonyl (C=O) groups is 1. The summed E-state index contributed by atoms with van der Waals surface area (Å²) >= 11 is 6.02. The van der Waals surface area contributed by atoms with Gasteiger partial charge in [-0.2, -0.15) is 0 Å². The van der Waals surface area contributed by atoms with Crippen LogP contribution in [0.2, 0.25) is 5.02 Å². The molecular weight excluding hydrogens is 310 g/mol. The fourth-order valence-electron chi connectivity index (χ4n) is 2.86. The minimum Gasteiger partial charge on any atom is -0.492 e. The summed E-state index contributed by atoms with van der Waals surface area (Å²) in [7, 11) is 0. The number of ether oxygens (including phenoxy) is 1. The van der Waals surface area contributed by atoms with Crippen LogP contribution in [-0.4, -0.2) is 17.5 Å². The maximum atomic E-state index is 11.4. The van der Waals surface area contributed by atoms with Crippen LogP contribution in [-0.2, 0) is 6.54 Å². The van der Waals surface area contributed by atoms with Gasteiger partial charge in [0.1, 0.15) is 12.4 Å². The first-order valence-electron chi connectivity index (χ1n) is 7.53. The van der Waals surface area contributed by atoms with Crippen molar-refractivity contribution in [3.05, 3.63) is 64.3 Å². The molecule has 0 N–H and O–H groups in total. The first-order chi connectivity index (χ1) is 11.1. The van der Waals surface area contributed by atoms with Gasteiger partial charge in [0, 0.05) is 27.2 Å². The predicted octanol–water partition coefficient (Wildman–Crippen LogP) is 4.80. The van der Waals surface area contributed by atoms with Gasteiger partial charge in [-0.05, 0) is 43.7 Å². The number of fused-ring (bicyclic) bond motifs is 1. The number of halogens is 1. The zero-order valence-corrected chi connectivity index (χ0v) is 13.9. The fraction of sp³-hybridized carbons (Fsp3) is 0.211. The van der Waals surface area contributed by atoms with Crippen molar-refractivity contribution in [2.75, 3.05) is 6.61 Å². The number of hydrogen-bond acceptors (Lipinski definition) is 2. The minimum absolute atomic E-state index is 0.527. The molecule has 1 heterocycles. The molecule has 3 rings (SSSR count). The molecule has 0 saturated carbocycles. The monoisotopic (exact) mass is 327 g/mol. The van der Waals surface area contributed by atoms with E-state index in [0.717, 1.165) is 44.8 Å². The quantitative estimate of drug-likeness (QED) is 0.630. The Bertz CT molecular complexity index is 867. The van der Waals surface area contributed by atoms with E-state index in [4.69, 9.17) is 16.3 Å². The number of para-hydroxylation sites is 1. The Morgan fingerprint density at radius 1 is 1.17 bits per heavy atom. The van der Waals surface area contributed by atoms with Crippen molar-refractivity contribution >= 4 is 28.8 Å². The Morgan fingerprint density at radius 2 is 1.96 bits per heavy atom. The number of aromatic nitrogens is 1. The van der Waals surface area contributed by atoms with Gasteiger partial charge in [-0.1, -0.05) is 29.8 Å². The highest BCUT2D eigenvalue weighted by Crippen LogP contribution is 2.25. The second-order valence-electron chi connectivity index (χ2n) is 5.55. The van der Waals surface area contributed by atoms with E-state index in [1.54, 1.807) is 0 Å². The molecule has 0 bridgehead atoms. The summed E-state index contributed by atoms with van der Waals surface area (Å²) in [4.78, 5) is 11.4. The van der Waals surface area contributed by atoms with Gasteiger partial charge in [-0.25, -0.2) is 0 Å². The summed E-state index contributed by atoms with van der Waals surface area (Å²) in [5.74, 6) is 0.802. The molecule has 0 aliphatic rings. The van der Waals surface area contributed by atoms with Crippen molar-refractivity contribution in [2.45, 2.75) is 20.4 Å². The molecule has 4 heteroatoms. The van der Waals surface area contributed by atoms with Gasteiger partial charge in [-0.3, -0.25) is 4.79 Å². The molecule has 0 amide bonds. The first-order valence-corrected chi connectivity index (χ1v) is 7.91. The fourth-order valence-corrected chi connectivity index (χ4v) is 2.97. The lowest BCUT2D eigenvalue weighted by molar-refractivity contribution is 0.112. The van der Waals surface area contributed by atoms with E-state index in [2.05, 4.69) is 4.57 Å². The van der Waals surface area contributed by atoms with Crippen molar-refractivity contribution in [3.63, 3.8) is 0 Å². The number of aryl methyl sites for hydroxylation is 1. The van der Waals surface area contributed by atoms with Crippen LogP contribution in [0.3, 0.4) is 0 Å². The Morgan fingerprint density at radius 3 is 2.70 bits per heavy atom. The molecule has 0 fully saturated rings. The van der Waals surface area contributed by atoms with Gasteiger partial charge in [0.15, 0.2) is 6.29 Å². The topological polar surface area (TPSA) is 31.2 Å². The van der Waals surface area contributed by atoms with E-state index < -0.39 is 0 Å². The molecular formula is C19H18ClNO2. The average Bonchev–Trinajstić information content (AvgIpc) is 2.82. The van der Waals surface area contributed by atoms with Crippen molar-refractivity contribution in [1.82, 2.24) is 4.57 Å². The van der Waals surface area contributed by atoms with E-state index in [1.807, 2.05) is 56.3 Å². The summed E-state index contributed by atoms with van der Waals surface area (Å²) in [6, 6.07) is 13.6. The van der Waals surface area contributed by atoms with Crippen molar-refractivity contribution < 1.29 is 9.53 Å². The zero-order valence-electron chi connectivity index (χ0n) is 13.2. The molecule has 0 saturated heterocycles. The lowest BCUT2D eigenvalue weighted by Gasteiger charge is -2.11. The molecule has 0 atom stereocenters. The third-order valence-electron chi connectivity index (χ3n) is 4.11. The van der Waals surface area contributed by atoms with Crippen molar-refractivity contribution in [3.8, 4) is 5.75 Å². The van der Waals surface area contributed by atoms with E-state index in [-0.39, 0.29) is 0 Å². The normalized spacial score (nSPS) is 10.9. The summed E-state index contributed by atoms with van der Waals surface area (Å²) < 4.78 is 7.95. The van der Waals surface area contributed by atoms with Crippen LogP contribution in [0.25, 0.3) is 10.9 Å². The highest BCUT2D eigenvalue weighted by molar-refractivity contribution is 6.31. The number of rotatable bonds is 5. The van der Waals surface area contributed by atoms with Crippen LogP contribution in [0.1, 0.15) is 21.6 Å². The Kier molecular flexibility index (Phi) is 4.39. The third-order valence-corrected chi connectivity index (χ3v) is 4.53. The van der Waals surface area contributed by atoms with Gasteiger partial charge < -0.3 is 9.30 Å². The van der Waals surface area contributed by atoms with Crippen LogP contribution >= 0.6 is 11.6 Å². The first kappa shape index (κ1) is 15.6. The minimum atomic E-state index is 0.527. The zero-order chi connectivity index (χ0) is 16.4. The molecule has 2 aromatic carbocycles. The van der Waals surface area contributed by atoms with Crippen LogP contribution in [0, 0.1) is 13.8 Å². The van der Waals surface area contributed by atoms with Gasteiger partial charge in [0.25, 0.3) is 0 Å². The van der Waals surface area contributed by atoms with Crippen LogP contribution < -0.4 is 4.74 Å². The van der Waals surface area contributed by atoms with E-state index in [0.29, 0.717) is 13.2 Å². The van der Waals surface area contributed by atoms with E-state index >= 15 is 0 Å². The summed E-state index contributed by atoms with van der Waals surface area (Å²) in [6.07, 6.45) is 0.928. The number of hydrogen-bond donors (Lipinski definition) is 0. The number of carbonyl (C=O) groups excluding carboxylic acids is 1. The lowest BCUT2D eigenvalue weighted by Crippen LogP contribution is -2.09. The maximum Gasteiger partial charge on any atom is 0.152 e. The average molecular weight is 328 g/mol. The highest BCUT2D eigenvalue weighted by Gasteiger charge is 2.12. The smallest absolute Gasteiger partial charge is 0.152 e. The van der Waals surface area contributed by atoms with Crippen molar-refractivity contribution in [2.24, 2.45) is 0 Å². The second kappa shape index (κ2) is 6.47. The predicted molar refractivity (Wildman–Crippen MR) is 93.7 cm³/mol. The molecule has 0 aliphatic heterocycles.